The quantitative estimate of drug-likeness (QED) is 0.767. The largest absolute Gasteiger partial charge is 0.469 e. The molecule has 0 saturated heterocycles. The van der Waals surface area contributed by atoms with Gasteiger partial charge in [-0.3, -0.25) is 4.79 Å². The van der Waals surface area contributed by atoms with Gasteiger partial charge in [0.25, 0.3) is 0 Å². The molecule has 1 aliphatic rings. The predicted molar refractivity (Wildman–Crippen MR) is 60.7 cm³/mol. The lowest BCUT2D eigenvalue weighted by Gasteiger charge is -2.07. The first-order valence-corrected chi connectivity index (χ1v) is 5.69. The van der Waals surface area contributed by atoms with Gasteiger partial charge in [-0.15, -0.1) is 0 Å². The van der Waals surface area contributed by atoms with Gasteiger partial charge in [0.2, 0.25) is 0 Å². The Morgan fingerprint density at radius 2 is 2.44 bits per heavy atom. The summed E-state index contributed by atoms with van der Waals surface area (Å²) in [4.78, 5) is 11.0. The number of esters is 1. The number of hydrogen-bond donors (Lipinski definition) is 1. The van der Waals surface area contributed by atoms with Crippen LogP contribution in [0.4, 0.5) is 0 Å². The van der Waals surface area contributed by atoms with Crippen LogP contribution in [0.15, 0.2) is 18.5 Å². The van der Waals surface area contributed by atoms with E-state index in [0.717, 1.165) is 0 Å². The van der Waals surface area contributed by atoms with E-state index in [1.165, 1.54) is 25.5 Å². The van der Waals surface area contributed by atoms with Crippen LogP contribution in [0.25, 0.3) is 0 Å². The Hall–Kier alpha value is -1.29. The third-order valence-corrected chi connectivity index (χ3v) is 3.09. The van der Waals surface area contributed by atoms with Gasteiger partial charge in [0.1, 0.15) is 0 Å². The van der Waals surface area contributed by atoms with Gasteiger partial charge in [0, 0.05) is 25.0 Å². The molecule has 4 heteroatoms. The maximum Gasteiger partial charge on any atom is 0.307 e. The van der Waals surface area contributed by atoms with Gasteiger partial charge in [0.05, 0.1) is 13.5 Å². The highest BCUT2D eigenvalue weighted by Crippen LogP contribution is 2.39. The van der Waals surface area contributed by atoms with Gasteiger partial charge < -0.3 is 15.0 Å². The van der Waals surface area contributed by atoms with Crippen LogP contribution in [0.5, 0.6) is 0 Å². The van der Waals surface area contributed by atoms with Crippen molar-refractivity contribution in [3.05, 3.63) is 24.0 Å². The molecule has 0 radical (unpaired) electrons. The van der Waals surface area contributed by atoms with E-state index < -0.39 is 0 Å². The number of aromatic nitrogens is 1. The molecular formula is C12H18N2O2. The van der Waals surface area contributed by atoms with E-state index in [1.54, 1.807) is 0 Å². The smallest absolute Gasteiger partial charge is 0.307 e. The van der Waals surface area contributed by atoms with Gasteiger partial charge in [-0.25, -0.2) is 0 Å². The molecule has 0 amide bonds. The second-order valence-electron chi connectivity index (χ2n) is 4.37. The van der Waals surface area contributed by atoms with Gasteiger partial charge in [-0.1, -0.05) is 0 Å². The molecule has 16 heavy (non-hydrogen) atoms. The maximum absolute atomic E-state index is 11.0. The number of methoxy groups -OCH3 is 1. The zero-order valence-electron chi connectivity index (χ0n) is 9.56. The molecule has 0 aliphatic heterocycles. The lowest BCUT2D eigenvalue weighted by molar-refractivity contribution is -0.140. The normalized spacial score (nSPS) is 17.1. The number of carbonyl (C=O) groups is 1. The molecule has 1 saturated carbocycles. The highest BCUT2D eigenvalue weighted by atomic mass is 16.5. The fourth-order valence-electron chi connectivity index (χ4n) is 1.85. The number of nitrogens with zero attached hydrogens (tertiary/aromatic N) is 1. The summed E-state index contributed by atoms with van der Waals surface area (Å²) in [5, 5.41) is 0. The molecule has 88 valence electrons. The van der Waals surface area contributed by atoms with E-state index in [4.69, 9.17) is 5.73 Å². The van der Waals surface area contributed by atoms with Crippen molar-refractivity contribution < 1.29 is 9.53 Å². The molecule has 0 spiro atoms. The topological polar surface area (TPSA) is 57.2 Å². The summed E-state index contributed by atoms with van der Waals surface area (Å²) < 4.78 is 6.59. The lowest BCUT2D eigenvalue weighted by atomic mass is 10.1. The van der Waals surface area contributed by atoms with Crippen LogP contribution in [-0.2, 0) is 16.1 Å². The van der Waals surface area contributed by atoms with Crippen LogP contribution in [0.3, 0.4) is 0 Å². The maximum atomic E-state index is 11.0. The van der Waals surface area contributed by atoms with Crippen LogP contribution < -0.4 is 5.73 Å². The zero-order chi connectivity index (χ0) is 11.5. The molecule has 1 aromatic rings. The average molecular weight is 222 g/mol. The Balaban J connectivity index is 1.88. The monoisotopic (exact) mass is 222 g/mol. The first-order chi connectivity index (χ1) is 7.70. The zero-order valence-corrected chi connectivity index (χ0v) is 9.56. The van der Waals surface area contributed by atoms with Gasteiger partial charge >= 0.3 is 5.97 Å². The van der Waals surface area contributed by atoms with E-state index >= 15 is 0 Å². The van der Waals surface area contributed by atoms with E-state index in [1.807, 2.05) is 23.0 Å². The predicted octanol–water partition coefficient (Wildman–Crippen LogP) is 1.46. The second-order valence-corrected chi connectivity index (χ2v) is 4.37. The van der Waals surface area contributed by atoms with Crippen molar-refractivity contribution in [2.75, 3.05) is 7.11 Å². The molecule has 4 nitrogen and oxygen atoms in total. The number of carbonyl (C=O) groups excluding carboxylic acids is 1. The SMILES string of the molecule is COC(=O)CCn1ccc(C(N)C2CC2)c1. The molecule has 1 aromatic heterocycles. The molecule has 1 aliphatic carbocycles. The summed E-state index contributed by atoms with van der Waals surface area (Å²) in [5.74, 6) is 0.484. The Morgan fingerprint density at radius 1 is 1.69 bits per heavy atom. The summed E-state index contributed by atoms with van der Waals surface area (Å²) in [5.41, 5.74) is 7.26. The van der Waals surface area contributed by atoms with Crippen molar-refractivity contribution in [3.8, 4) is 0 Å². The van der Waals surface area contributed by atoms with Crippen LogP contribution in [0.2, 0.25) is 0 Å². The third-order valence-electron chi connectivity index (χ3n) is 3.09. The summed E-state index contributed by atoms with van der Waals surface area (Å²) in [6.45, 7) is 0.657. The number of ether oxygens (including phenoxy) is 1. The minimum atomic E-state index is -0.179. The highest BCUT2D eigenvalue weighted by Gasteiger charge is 2.29. The summed E-state index contributed by atoms with van der Waals surface area (Å²) in [6, 6.07) is 2.21. The van der Waals surface area contributed by atoms with Crippen molar-refractivity contribution in [3.63, 3.8) is 0 Å². The summed E-state index contributed by atoms with van der Waals surface area (Å²) in [7, 11) is 1.41. The van der Waals surface area contributed by atoms with Crippen molar-refractivity contribution in [2.45, 2.75) is 31.8 Å². The number of nitrogens with two attached hydrogens (primary N) is 1. The van der Waals surface area contributed by atoms with Gasteiger partial charge in [-0.2, -0.15) is 0 Å². The fraction of sp³-hybridized carbons (Fsp3) is 0.583. The molecular weight excluding hydrogens is 204 g/mol. The Bertz CT molecular complexity index is 369. The number of aryl methyl sites for hydroxylation is 1. The second kappa shape index (κ2) is 4.70. The summed E-state index contributed by atoms with van der Waals surface area (Å²) in [6.07, 6.45) is 6.90. The van der Waals surface area contributed by atoms with Crippen LogP contribution in [0.1, 0.15) is 30.9 Å². The number of hydrogen-bond acceptors (Lipinski definition) is 3. The van der Waals surface area contributed by atoms with Gasteiger partial charge in [0.15, 0.2) is 0 Å². The Labute approximate surface area is 95.4 Å². The van der Waals surface area contributed by atoms with E-state index in [2.05, 4.69) is 4.74 Å². The lowest BCUT2D eigenvalue weighted by Crippen LogP contribution is -2.11. The van der Waals surface area contributed by atoms with Crippen LogP contribution >= 0.6 is 0 Å². The molecule has 2 N–H and O–H groups in total. The Kier molecular flexibility index (Phi) is 3.29. The molecule has 1 atom stereocenters. The highest BCUT2D eigenvalue weighted by molar-refractivity contribution is 5.68. The fourth-order valence-corrected chi connectivity index (χ4v) is 1.85. The van der Waals surface area contributed by atoms with Crippen molar-refractivity contribution in [2.24, 2.45) is 11.7 Å². The third kappa shape index (κ3) is 2.64. The molecule has 0 bridgehead atoms. The minimum Gasteiger partial charge on any atom is -0.469 e. The molecule has 2 rings (SSSR count). The molecule has 1 unspecified atom stereocenters. The Morgan fingerprint density at radius 3 is 3.06 bits per heavy atom. The summed E-state index contributed by atoms with van der Waals surface area (Å²) >= 11 is 0. The average Bonchev–Trinajstić information content (AvgIpc) is 3.04. The molecule has 1 fully saturated rings. The van der Waals surface area contributed by atoms with Crippen molar-refractivity contribution in [1.82, 2.24) is 4.57 Å². The number of rotatable bonds is 5. The van der Waals surface area contributed by atoms with E-state index in [-0.39, 0.29) is 12.0 Å². The van der Waals surface area contributed by atoms with Crippen molar-refractivity contribution >= 4 is 5.97 Å². The first-order valence-electron chi connectivity index (χ1n) is 5.69. The standard InChI is InChI=1S/C12H18N2O2/c1-16-11(15)5-7-14-6-4-10(8-14)12(13)9-2-3-9/h4,6,8-9,12H,2-3,5,7,13H2,1H3. The van der Waals surface area contributed by atoms with Gasteiger partial charge in [-0.05, 0) is 30.4 Å². The molecule has 1 heterocycles. The first kappa shape index (κ1) is 11.2. The van der Waals surface area contributed by atoms with E-state index in [9.17, 15) is 4.79 Å². The minimum absolute atomic E-state index is 0.166. The van der Waals surface area contributed by atoms with Crippen LogP contribution in [0, 0.1) is 5.92 Å². The molecule has 0 aromatic carbocycles. The van der Waals surface area contributed by atoms with E-state index in [0.29, 0.717) is 18.9 Å². The van der Waals surface area contributed by atoms with Crippen LogP contribution in [-0.4, -0.2) is 17.6 Å². The van der Waals surface area contributed by atoms with Crippen molar-refractivity contribution in [1.29, 1.82) is 0 Å².